The number of imidazole rings is 1. The van der Waals surface area contributed by atoms with Crippen LogP contribution in [0.5, 0.6) is 5.75 Å². The van der Waals surface area contributed by atoms with Gasteiger partial charge < -0.3 is 15.4 Å². The van der Waals surface area contributed by atoms with Crippen LogP contribution in [0.4, 0.5) is 16.2 Å². The van der Waals surface area contributed by atoms with Crippen molar-refractivity contribution in [1.29, 1.82) is 0 Å². The van der Waals surface area contributed by atoms with Crippen LogP contribution in [0.1, 0.15) is 19.6 Å². The molecule has 5 rings (SSSR count). The van der Waals surface area contributed by atoms with E-state index in [-0.39, 0.29) is 24.9 Å². The van der Waals surface area contributed by atoms with Crippen molar-refractivity contribution in [2.75, 3.05) is 31.3 Å². The van der Waals surface area contributed by atoms with Gasteiger partial charge in [-0.3, -0.25) is 4.57 Å². The molecule has 0 spiro atoms. The summed E-state index contributed by atoms with van der Waals surface area (Å²) in [6.07, 6.45) is 1.04. The third kappa shape index (κ3) is 4.64. The van der Waals surface area contributed by atoms with E-state index in [1.807, 2.05) is 63.5 Å². The predicted octanol–water partition coefficient (Wildman–Crippen LogP) is 4.72. The minimum Gasteiger partial charge on any atom is -0.368 e. The van der Waals surface area contributed by atoms with Gasteiger partial charge in [0.15, 0.2) is 29.3 Å². The number of fused-ring (bicyclic) bond motifs is 2. The molecule has 2 aromatic heterocycles. The van der Waals surface area contributed by atoms with Gasteiger partial charge in [0.2, 0.25) is 23.6 Å². The van der Waals surface area contributed by atoms with Crippen molar-refractivity contribution in [3.63, 3.8) is 0 Å². The molecule has 35 heavy (non-hydrogen) atoms. The largest absolute Gasteiger partial charge is 0.574 e. The second-order valence-electron chi connectivity index (χ2n) is 8.76. The van der Waals surface area contributed by atoms with E-state index in [9.17, 15) is 0 Å². The van der Waals surface area contributed by atoms with Gasteiger partial charge in [0, 0.05) is 31.8 Å². The number of nitrogens with zero attached hydrogens (tertiary/aromatic N) is 5. The van der Waals surface area contributed by atoms with Crippen molar-refractivity contribution in [1.82, 2.24) is 19.5 Å². The van der Waals surface area contributed by atoms with E-state index < -0.39 is 19.2 Å². The highest BCUT2D eigenvalue weighted by Gasteiger charge is 2.48. The monoisotopic (exact) mass is 515 g/mol. The van der Waals surface area contributed by atoms with Crippen LogP contribution < -0.4 is 15.2 Å². The van der Waals surface area contributed by atoms with E-state index in [0.717, 1.165) is 10.8 Å². The van der Waals surface area contributed by atoms with Gasteiger partial charge in [-0.05, 0) is 11.5 Å². The van der Waals surface area contributed by atoms with Crippen LogP contribution in [0.25, 0.3) is 21.9 Å². The summed E-state index contributed by atoms with van der Waals surface area (Å²) in [5, 5.41) is 1.94. The Balaban J connectivity index is 1.30. The van der Waals surface area contributed by atoms with Crippen LogP contribution in [0.15, 0.2) is 48.8 Å². The molecule has 182 valence electrons. The first-order valence-electron chi connectivity index (χ1n) is 11.0. The molecule has 0 amide bonds. The molecule has 0 radical (unpaired) electrons. The van der Waals surface area contributed by atoms with E-state index >= 15 is 4.39 Å². The summed E-state index contributed by atoms with van der Waals surface area (Å²) < 4.78 is 34.7. The van der Waals surface area contributed by atoms with Crippen LogP contribution in [0.3, 0.4) is 0 Å². The zero-order chi connectivity index (χ0) is 24.7. The quantitative estimate of drug-likeness (QED) is 0.351. The lowest BCUT2D eigenvalue weighted by Crippen LogP contribution is -2.28. The number of halogens is 1. The Morgan fingerprint density at radius 1 is 1.26 bits per heavy atom. The molecule has 2 aromatic carbocycles. The number of hydrogen-bond donors (Lipinski definition) is 1. The summed E-state index contributed by atoms with van der Waals surface area (Å²) in [5.41, 5.74) is 6.95. The van der Waals surface area contributed by atoms with Crippen molar-refractivity contribution in [2.24, 2.45) is 5.92 Å². The fraction of sp³-hybridized carbons (Fsp3) is 0.348. The van der Waals surface area contributed by atoms with Crippen molar-refractivity contribution in [2.45, 2.75) is 25.4 Å². The summed E-state index contributed by atoms with van der Waals surface area (Å²) in [4.78, 5) is 14.8. The fourth-order valence-electron chi connectivity index (χ4n) is 4.33. The number of aromatic nitrogens is 4. The van der Waals surface area contributed by atoms with Crippen molar-refractivity contribution in [3.8, 4) is 5.75 Å². The average Bonchev–Trinajstić information content (AvgIpc) is 3.37. The maximum atomic E-state index is 15.7. The zero-order valence-electron chi connectivity index (χ0n) is 19.5. The molecule has 1 saturated heterocycles. The number of nitrogen functional groups attached to an aromatic ring is 1. The summed E-state index contributed by atoms with van der Waals surface area (Å²) >= 11 is 5.37. The van der Waals surface area contributed by atoms with Crippen molar-refractivity contribution < 1.29 is 18.2 Å². The maximum absolute atomic E-state index is 15.7. The normalized spacial score (nSPS) is 22.6. The number of hydrogen-bond acceptors (Lipinski definition) is 9. The Morgan fingerprint density at radius 2 is 2.03 bits per heavy atom. The van der Waals surface area contributed by atoms with Gasteiger partial charge in [-0.15, -0.1) is 4.52 Å². The maximum Gasteiger partial charge on any atom is 0.574 e. The molecule has 0 aliphatic carbocycles. The van der Waals surface area contributed by atoms with Crippen LogP contribution in [-0.2, 0) is 21.1 Å². The number of nitrogens with two attached hydrogens (primary N) is 1. The predicted molar refractivity (Wildman–Crippen MR) is 137 cm³/mol. The lowest BCUT2D eigenvalue weighted by molar-refractivity contribution is -0.172. The molecule has 0 bridgehead atoms. The third-order valence-corrected chi connectivity index (χ3v) is 7.10. The van der Waals surface area contributed by atoms with Crippen molar-refractivity contribution in [3.05, 3.63) is 48.8 Å². The second kappa shape index (κ2) is 9.23. The number of ether oxygens (including phenoxy) is 1. The summed E-state index contributed by atoms with van der Waals surface area (Å²) in [6, 6.07) is 13.5. The highest BCUT2D eigenvalue weighted by atomic mass is 32.4. The molecule has 4 atom stereocenters. The first-order valence-corrected chi connectivity index (χ1v) is 13.2. The molecule has 4 aromatic rings. The van der Waals surface area contributed by atoms with Gasteiger partial charge in [0.1, 0.15) is 6.23 Å². The van der Waals surface area contributed by atoms with Crippen LogP contribution in [0.2, 0.25) is 0 Å². The Bertz CT molecular complexity index is 1410. The first kappa shape index (κ1) is 23.7. The van der Waals surface area contributed by atoms with Gasteiger partial charge in [-0.25, -0.2) is 13.9 Å². The number of rotatable bonds is 7. The van der Waals surface area contributed by atoms with E-state index in [0.29, 0.717) is 22.7 Å². The first-order chi connectivity index (χ1) is 16.7. The molecule has 1 aliphatic heterocycles. The van der Waals surface area contributed by atoms with Crippen molar-refractivity contribution >= 4 is 52.7 Å². The molecule has 1 aliphatic rings. The average molecular weight is 516 g/mol. The van der Waals surface area contributed by atoms with Crippen LogP contribution in [0, 0.1) is 5.92 Å². The Morgan fingerprint density at radius 3 is 2.83 bits per heavy atom. The minimum atomic E-state index is -2.04. The Labute approximate surface area is 207 Å². The molecule has 2 N–H and O–H groups in total. The van der Waals surface area contributed by atoms with E-state index in [2.05, 4.69) is 15.0 Å². The highest BCUT2D eigenvalue weighted by molar-refractivity contribution is 8.00. The molecule has 3 heterocycles. The van der Waals surface area contributed by atoms with Crippen LogP contribution >= 0.6 is 7.15 Å². The standard InChI is InChI=1S/C23H25FN6O3PS/c1-14-11-23(24,12-31-34(35)33-17-10-6-8-15-7-4-5-9-16(15)17)32-21(14)30-13-26-18-19(29(2)3)27-22(25)28-20(18)30/h4-10,13-14,21H,11-12H2,1-3H3,(H2,25,27,28)/q+1. The summed E-state index contributed by atoms with van der Waals surface area (Å²) in [6.45, 7) is 1.55. The fourth-order valence-corrected chi connectivity index (χ4v) is 5.40. The summed E-state index contributed by atoms with van der Waals surface area (Å²) in [7, 11) is 1.88. The topological polar surface area (TPSA) is 101 Å². The van der Waals surface area contributed by atoms with Gasteiger partial charge >= 0.3 is 7.15 Å². The number of alkyl halides is 1. The van der Waals surface area contributed by atoms with Gasteiger partial charge in [-0.1, -0.05) is 43.3 Å². The second-order valence-corrected chi connectivity index (χ2v) is 10.5. The molecule has 1 fully saturated rings. The highest BCUT2D eigenvalue weighted by Crippen LogP contribution is 2.45. The molecule has 9 nitrogen and oxygen atoms in total. The van der Waals surface area contributed by atoms with Gasteiger partial charge in [-0.2, -0.15) is 9.97 Å². The molecular formula is C23H25FN6O3PS+. The SMILES string of the molecule is CC1CC(F)(CO[P+](=S)Oc2cccc3ccccc23)OC1n1cnc2c(N(C)C)nc(N)nc21. The number of anilines is 2. The zero-order valence-corrected chi connectivity index (χ0v) is 21.2. The smallest absolute Gasteiger partial charge is 0.368 e. The lowest BCUT2D eigenvalue weighted by atomic mass is 10.1. The molecule has 4 unspecified atom stereocenters. The lowest BCUT2D eigenvalue weighted by Gasteiger charge is -2.20. The molecule has 12 heteroatoms. The number of benzene rings is 2. The van der Waals surface area contributed by atoms with Crippen LogP contribution in [-0.4, -0.2) is 46.1 Å². The Kier molecular flexibility index (Phi) is 6.27. The van der Waals surface area contributed by atoms with Gasteiger partial charge in [0.05, 0.1) is 6.33 Å². The van der Waals surface area contributed by atoms with E-state index in [4.69, 9.17) is 31.3 Å². The van der Waals surface area contributed by atoms with E-state index in [1.54, 1.807) is 15.8 Å². The third-order valence-electron chi connectivity index (χ3n) is 5.87. The van der Waals surface area contributed by atoms with Gasteiger partial charge in [0.25, 0.3) is 0 Å². The molecule has 0 saturated carbocycles. The minimum absolute atomic E-state index is 0.103. The van der Waals surface area contributed by atoms with E-state index in [1.165, 1.54) is 0 Å². The summed E-state index contributed by atoms with van der Waals surface area (Å²) in [5.74, 6) is -0.935. The Hall–Kier alpha value is -2.98. The molecular weight excluding hydrogens is 490 g/mol.